The summed E-state index contributed by atoms with van der Waals surface area (Å²) < 4.78 is 4.71. The van der Waals surface area contributed by atoms with Crippen LogP contribution in [0.5, 0.6) is 0 Å². The van der Waals surface area contributed by atoms with Crippen molar-refractivity contribution in [1.82, 2.24) is 14.7 Å². The Hall–Kier alpha value is -1.67. The normalized spacial score (nSPS) is 21.5. The third-order valence-electron chi connectivity index (χ3n) is 3.24. The van der Waals surface area contributed by atoms with Gasteiger partial charge in [0.15, 0.2) is 0 Å². The minimum absolute atomic E-state index is 0.0280. The molecular weight excluding hydrogens is 254 g/mol. The predicted molar refractivity (Wildman–Crippen MR) is 63.6 cm³/mol. The van der Waals surface area contributed by atoms with Gasteiger partial charge in [0.05, 0.1) is 19.6 Å². The first-order valence-corrected chi connectivity index (χ1v) is 6.20. The van der Waals surface area contributed by atoms with E-state index in [0.29, 0.717) is 32.7 Å². The number of hydrogen-bond acceptors (Lipinski definition) is 6. The molecule has 1 N–H and O–H groups in total. The largest absolute Gasteiger partial charge is 0.480 e. The number of carboxylic acid groups (broad SMARTS) is 1. The summed E-state index contributed by atoms with van der Waals surface area (Å²) in [6.45, 7) is 3.27. The molecule has 2 fully saturated rings. The van der Waals surface area contributed by atoms with Gasteiger partial charge in [-0.05, 0) is 0 Å². The van der Waals surface area contributed by atoms with Gasteiger partial charge in [-0.25, -0.2) is 9.69 Å². The Morgan fingerprint density at radius 3 is 2.11 bits per heavy atom. The van der Waals surface area contributed by atoms with Crippen molar-refractivity contribution in [3.05, 3.63) is 0 Å². The zero-order valence-electron chi connectivity index (χ0n) is 10.6. The third kappa shape index (κ3) is 3.65. The minimum atomic E-state index is -0.843. The lowest BCUT2D eigenvalue weighted by atomic mass is 10.3. The van der Waals surface area contributed by atoms with E-state index in [1.54, 1.807) is 0 Å². The number of amides is 2. The van der Waals surface area contributed by atoms with Crippen molar-refractivity contribution >= 4 is 18.0 Å². The second kappa shape index (κ2) is 5.98. The van der Waals surface area contributed by atoms with Gasteiger partial charge in [0.2, 0.25) is 5.91 Å². The van der Waals surface area contributed by atoms with Gasteiger partial charge in [-0.3, -0.25) is 19.4 Å². The molecule has 8 nitrogen and oxygen atoms in total. The van der Waals surface area contributed by atoms with Crippen LogP contribution < -0.4 is 0 Å². The number of nitrogens with zero attached hydrogens (tertiary/aromatic N) is 3. The molecule has 0 aliphatic carbocycles. The molecule has 106 valence electrons. The Kier molecular flexibility index (Phi) is 4.33. The van der Waals surface area contributed by atoms with Crippen molar-refractivity contribution in [3.8, 4) is 0 Å². The molecule has 2 aliphatic heterocycles. The van der Waals surface area contributed by atoms with Crippen LogP contribution in [0, 0.1) is 0 Å². The maximum atomic E-state index is 11.9. The Morgan fingerprint density at radius 2 is 1.63 bits per heavy atom. The first kappa shape index (κ1) is 13.8. The van der Waals surface area contributed by atoms with E-state index in [2.05, 4.69) is 0 Å². The van der Waals surface area contributed by atoms with E-state index in [1.807, 2.05) is 9.80 Å². The summed E-state index contributed by atoms with van der Waals surface area (Å²) in [5, 5.41) is 8.68. The molecule has 2 aliphatic rings. The molecule has 2 heterocycles. The highest BCUT2D eigenvalue weighted by Crippen LogP contribution is 2.06. The molecule has 0 bridgehead atoms. The average molecular weight is 271 g/mol. The summed E-state index contributed by atoms with van der Waals surface area (Å²) in [7, 11) is 0. The average Bonchev–Trinajstić information content (AvgIpc) is 2.77. The number of cyclic esters (lactones) is 1. The Balaban J connectivity index is 1.74. The van der Waals surface area contributed by atoms with Crippen LogP contribution >= 0.6 is 0 Å². The highest BCUT2D eigenvalue weighted by molar-refractivity contribution is 5.94. The quantitative estimate of drug-likeness (QED) is 0.677. The van der Waals surface area contributed by atoms with Gasteiger partial charge in [0, 0.05) is 26.2 Å². The molecule has 2 amide bonds. The lowest BCUT2D eigenvalue weighted by molar-refractivity contribution is -0.139. The van der Waals surface area contributed by atoms with Gasteiger partial charge < -0.3 is 9.84 Å². The monoisotopic (exact) mass is 271 g/mol. The van der Waals surface area contributed by atoms with Gasteiger partial charge in [0.25, 0.3) is 0 Å². The molecule has 2 rings (SSSR count). The summed E-state index contributed by atoms with van der Waals surface area (Å²) in [5.41, 5.74) is 0. The maximum Gasteiger partial charge on any atom is 0.416 e. The third-order valence-corrected chi connectivity index (χ3v) is 3.24. The molecule has 0 saturated carbocycles. The maximum absolute atomic E-state index is 11.9. The van der Waals surface area contributed by atoms with Crippen molar-refractivity contribution in [2.75, 3.05) is 52.4 Å². The van der Waals surface area contributed by atoms with Crippen molar-refractivity contribution in [1.29, 1.82) is 0 Å². The van der Waals surface area contributed by atoms with Crippen molar-refractivity contribution < 1.29 is 24.2 Å². The lowest BCUT2D eigenvalue weighted by Crippen LogP contribution is -2.51. The molecule has 19 heavy (non-hydrogen) atoms. The van der Waals surface area contributed by atoms with Crippen LogP contribution in [0.25, 0.3) is 0 Å². The SMILES string of the molecule is O=C(O)CN1CCN(CC(=O)N2CCOC2=O)CC1. The number of carbonyl (C=O) groups is 3. The Morgan fingerprint density at radius 1 is 1.05 bits per heavy atom. The summed E-state index contributed by atoms with van der Waals surface area (Å²) >= 11 is 0. The molecule has 0 aromatic rings. The molecule has 0 spiro atoms. The summed E-state index contributed by atoms with van der Waals surface area (Å²) in [6.07, 6.45) is -0.575. The van der Waals surface area contributed by atoms with E-state index in [0.717, 1.165) is 4.90 Å². The van der Waals surface area contributed by atoms with Crippen LogP contribution in [0.4, 0.5) is 4.79 Å². The summed E-state index contributed by atoms with van der Waals surface area (Å²) in [4.78, 5) is 38.5. The molecule has 0 aromatic carbocycles. The number of imide groups is 1. The zero-order valence-corrected chi connectivity index (χ0v) is 10.6. The van der Waals surface area contributed by atoms with Crippen LogP contribution in [-0.2, 0) is 14.3 Å². The highest BCUT2D eigenvalue weighted by atomic mass is 16.6. The Bertz CT molecular complexity index is 379. The minimum Gasteiger partial charge on any atom is -0.480 e. The van der Waals surface area contributed by atoms with E-state index in [-0.39, 0.29) is 25.6 Å². The molecule has 0 unspecified atom stereocenters. The molecule has 0 radical (unpaired) electrons. The van der Waals surface area contributed by atoms with Crippen molar-refractivity contribution in [2.24, 2.45) is 0 Å². The standard InChI is InChI=1S/C11H17N3O5/c15-9(14-5-6-19-11(14)18)7-12-1-3-13(4-2-12)8-10(16)17/h1-8H2,(H,16,17). The van der Waals surface area contributed by atoms with Crippen LogP contribution in [0.3, 0.4) is 0 Å². The number of rotatable bonds is 4. The topological polar surface area (TPSA) is 90.4 Å². The fourth-order valence-electron chi connectivity index (χ4n) is 2.19. The van der Waals surface area contributed by atoms with Gasteiger partial charge in [-0.1, -0.05) is 0 Å². The van der Waals surface area contributed by atoms with Crippen LogP contribution in [-0.4, -0.2) is 90.2 Å². The van der Waals surface area contributed by atoms with E-state index >= 15 is 0 Å². The summed E-state index contributed by atoms with van der Waals surface area (Å²) in [5.74, 6) is -1.10. The van der Waals surface area contributed by atoms with Gasteiger partial charge >= 0.3 is 12.1 Å². The molecule has 8 heteroatoms. The molecule has 2 saturated heterocycles. The number of ether oxygens (including phenoxy) is 1. The second-order valence-electron chi connectivity index (χ2n) is 4.61. The van der Waals surface area contributed by atoms with Gasteiger partial charge in [-0.2, -0.15) is 0 Å². The fraction of sp³-hybridized carbons (Fsp3) is 0.727. The van der Waals surface area contributed by atoms with Crippen LogP contribution in [0.15, 0.2) is 0 Å². The van der Waals surface area contributed by atoms with E-state index < -0.39 is 12.1 Å². The molecule has 0 atom stereocenters. The van der Waals surface area contributed by atoms with E-state index in [4.69, 9.17) is 9.84 Å². The number of aliphatic carboxylic acids is 1. The number of carbonyl (C=O) groups excluding carboxylic acids is 2. The second-order valence-corrected chi connectivity index (χ2v) is 4.61. The smallest absolute Gasteiger partial charge is 0.416 e. The number of carboxylic acids is 1. The van der Waals surface area contributed by atoms with E-state index in [1.165, 1.54) is 0 Å². The lowest BCUT2D eigenvalue weighted by Gasteiger charge is -2.33. The Labute approximate surface area is 110 Å². The first-order chi connectivity index (χ1) is 9.06. The van der Waals surface area contributed by atoms with E-state index in [9.17, 15) is 14.4 Å². The number of piperazine rings is 1. The van der Waals surface area contributed by atoms with Crippen molar-refractivity contribution in [2.45, 2.75) is 0 Å². The highest BCUT2D eigenvalue weighted by Gasteiger charge is 2.30. The number of hydrogen-bond donors (Lipinski definition) is 1. The van der Waals surface area contributed by atoms with Gasteiger partial charge in [-0.15, -0.1) is 0 Å². The van der Waals surface area contributed by atoms with Crippen LogP contribution in [0.1, 0.15) is 0 Å². The molecular formula is C11H17N3O5. The van der Waals surface area contributed by atoms with Crippen molar-refractivity contribution in [3.63, 3.8) is 0 Å². The van der Waals surface area contributed by atoms with Crippen LogP contribution in [0.2, 0.25) is 0 Å². The van der Waals surface area contributed by atoms with Gasteiger partial charge in [0.1, 0.15) is 6.61 Å². The summed E-state index contributed by atoms with van der Waals surface area (Å²) in [6, 6.07) is 0. The molecule has 0 aromatic heterocycles. The first-order valence-electron chi connectivity index (χ1n) is 6.20. The zero-order chi connectivity index (χ0) is 13.8. The fourth-order valence-corrected chi connectivity index (χ4v) is 2.19. The predicted octanol–water partition coefficient (Wildman–Crippen LogP) is -1.33.